The number of hydrogen-bond donors (Lipinski definition) is 3. The Morgan fingerprint density at radius 2 is 1.46 bits per heavy atom. The zero-order valence-electron chi connectivity index (χ0n) is 34.2. The first-order valence-electron chi connectivity index (χ1n) is 22.1. The summed E-state index contributed by atoms with van der Waals surface area (Å²) in [6, 6.07) is 0. The van der Waals surface area contributed by atoms with Crippen LogP contribution in [0.5, 0.6) is 0 Å². The number of fused-ring (bicyclic) bond motifs is 5. The van der Waals surface area contributed by atoms with Gasteiger partial charge in [-0.25, -0.2) is 0 Å². The first kappa shape index (κ1) is 43.7. The summed E-state index contributed by atoms with van der Waals surface area (Å²) in [5.74, 6) is 3.53. The minimum Gasteiger partial charge on any atom is -0.378 e. The van der Waals surface area contributed by atoms with E-state index < -0.39 is 0 Å². The third-order valence-corrected chi connectivity index (χ3v) is 14.8. The minimum atomic E-state index is 0.0849. The maximum absolute atomic E-state index is 12.8. The van der Waals surface area contributed by atoms with E-state index in [1.54, 1.807) is 0 Å². The van der Waals surface area contributed by atoms with Gasteiger partial charge in [-0.3, -0.25) is 4.79 Å². The zero-order chi connectivity index (χ0) is 37.6. The molecule has 11 atom stereocenters. The molecule has 0 aromatic heterocycles. The zero-order valence-corrected chi connectivity index (χ0v) is 34.2. The summed E-state index contributed by atoms with van der Waals surface area (Å²) < 4.78 is 20.4. The Morgan fingerprint density at radius 1 is 0.808 bits per heavy atom. The fraction of sp³-hybridized carbons (Fsp3) is 0.932. The van der Waals surface area contributed by atoms with Gasteiger partial charge in [-0.05, 0) is 150 Å². The Labute approximate surface area is 319 Å². The first-order valence-corrected chi connectivity index (χ1v) is 22.1. The Hall–Kier alpha value is -1.03. The van der Waals surface area contributed by atoms with Crippen LogP contribution in [0, 0.1) is 46.3 Å². The highest BCUT2D eigenvalue weighted by atomic mass is 16.5. The predicted molar refractivity (Wildman–Crippen MR) is 215 cm³/mol. The molecule has 4 aliphatic rings. The Bertz CT molecular complexity index is 1050. The van der Waals surface area contributed by atoms with Crippen molar-refractivity contribution in [1.29, 1.82) is 0 Å². The molecule has 0 bridgehead atoms. The van der Waals surface area contributed by atoms with E-state index in [1.165, 1.54) is 57.4 Å². The van der Waals surface area contributed by atoms with Crippen molar-refractivity contribution in [2.75, 3.05) is 52.5 Å². The van der Waals surface area contributed by atoms with Gasteiger partial charge in [0.2, 0.25) is 5.91 Å². The highest BCUT2D eigenvalue weighted by Crippen LogP contribution is 2.69. The molecule has 8 nitrogen and oxygen atoms in total. The summed E-state index contributed by atoms with van der Waals surface area (Å²) in [6.07, 6.45) is 22.9. The summed E-state index contributed by atoms with van der Waals surface area (Å²) in [4.78, 5) is 14.9. The molecular weight excluding hydrogens is 649 g/mol. The number of carbonyl (C=O) groups is 1. The minimum absolute atomic E-state index is 0.0849. The van der Waals surface area contributed by atoms with Gasteiger partial charge >= 0.3 is 0 Å². The highest BCUT2D eigenvalue weighted by molar-refractivity contribution is 5.86. The van der Waals surface area contributed by atoms with Crippen LogP contribution in [-0.4, -0.2) is 81.7 Å². The van der Waals surface area contributed by atoms with Crippen LogP contribution in [0.15, 0.2) is 12.7 Å². The number of nitrogens with zero attached hydrogens (tertiary/aromatic N) is 1. The maximum Gasteiger partial charge on any atom is 0.245 e. The van der Waals surface area contributed by atoms with Crippen molar-refractivity contribution in [2.45, 2.75) is 162 Å². The molecule has 4 saturated carbocycles. The lowest BCUT2D eigenvalue weighted by Gasteiger charge is -2.65. The normalized spacial score (nSPS) is 34.7. The van der Waals surface area contributed by atoms with Crippen LogP contribution in [0.1, 0.15) is 143 Å². The van der Waals surface area contributed by atoms with E-state index in [0.29, 0.717) is 61.2 Å². The lowest BCUT2D eigenvalue weighted by Crippen LogP contribution is -2.63. The molecule has 0 aliphatic heterocycles. The van der Waals surface area contributed by atoms with Crippen molar-refractivity contribution < 1.29 is 19.0 Å². The van der Waals surface area contributed by atoms with Crippen LogP contribution in [0.25, 0.3) is 0 Å². The Morgan fingerprint density at radius 3 is 2.15 bits per heavy atom. The van der Waals surface area contributed by atoms with Gasteiger partial charge < -0.3 is 36.3 Å². The van der Waals surface area contributed by atoms with E-state index in [4.69, 9.17) is 31.4 Å². The van der Waals surface area contributed by atoms with E-state index in [-0.39, 0.29) is 28.9 Å². The van der Waals surface area contributed by atoms with E-state index in [0.717, 1.165) is 97.1 Å². The number of unbranched alkanes of at least 4 members (excludes halogenated alkanes) is 5. The molecular formula is C44H82N4O4. The standard InChI is InChI=1S/C44H82N4O4/c1-6-8-9-10-11-12-25-48(41(49)7-2)26-13-17-33(3)36-18-19-37-42-38(32-40(44(36,37)5)52-29-16-24-47)43(4)21-20-35(50-27-14-22-45)30-34(43)31-39(42)51-28-15-23-46/h7,33-40,42H,2,6,8-32,45-47H2,1,3-5H3/t33?,34?,35-,36?,37+,38+,39-,40+,42?,43?,44-/m1/s1. The second-order valence-electron chi connectivity index (χ2n) is 17.9. The first-order chi connectivity index (χ1) is 25.2. The van der Waals surface area contributed by atoms with Crippen molar-refractivity contribution in [2.24, 2.45) is 63.5 Å². The average Bonchev–Trinajstić information content (AvgIpc) is 3.50. The number of rotatable bonds is 25. The largest absolute Gasteiger partial charge is 0.378 e. The summed E-state index contributed by atoms with van der Waals surface area (Å²) in [5, 5.41) is 0. The van der Waals surface area contributed by atoms with Gasteiger partial charge in [0, 0.05) is 38.3 Å². The van der Waals surface area contributed by atoms with Crippen LogP contribution in [0.3, 0.4) is 0 Å². The second-order valence-corrected chi connectivity index (χ2v) is 17.9. The SMILES string of the molecule is C=CC(=O)N(CCCCCCCC)CCCC(C)C1CC[C@H]2C3[C@H](OCCCN)CC4C[C@H](OCCCN)CCC4(C)[C@H]3C[C@H](OCCCN)[C@]12C. The molecule has 8 heteroatoms. The molecule has 4 rings (SSSR count). The molecule has 5 unspecified atom stereocenters. The third-order valence-electron chi connectivity index (χ3n) is 14.8. The van der Waals surface area contributed by atoms with Crippen LogP contribution in [0.4, 0.5) is 0 Å². The van der Waals surface area contributed by atoms with Gasteiger partial charge in [0.15, 0.2) is 0 Å². The van der Waals surface area contributed by atoms with E-state index in [1.807, 2.05) is 0 Å². The Kier molecular flexibility index (Phi) is 18.4. The van der Waals surface area contributed by atoms with Crippen LogP contribution < -0.4 is 17.2 Å². The summed E-state index contributed by atoms with van der Waals surface area (Å²) in [6.45, 7) is 19.8. The van der Waals surface area contributed by atoms with Gasteiger partial charge in [0.25, 0.3) is 0 Å². The molecule has 0 spiro atoms. The molecule has 0 radical (unpaired) electrons. The summed E-state index contributed by atoms with van der Waals surface area (Å²) >= 11 is 0. The molecule has 1 amide bonds. The van der Waals surface area contributed by atoms with Crippen molar-refractivity contribution in [1.82, 2.24) is 4.90 Å². The fourth-order valence-corrected chi connectivity index (χ4v) is 11.9. The number of ether oxygens (including phenoxy) is 3. The maximum atomic E-state index is 12.8. The number of carbonyl (C=O) groups excluding carboxylic acids is 1. The van der Waals surface area contributed by atoms with Crippen molar-refractivity contribution >= 4 is 5.91 Å². The highest BCUT2D eigenvalue weighted by Gasteiger charge is 2.66. The second kappa shape index (κ2) is 21.9. The topological polar surface area (TPSA) is 126 Å². The fourth-order valence-electron chi connectivity index (χ4n) is 11.9. The van der Waals surface area contributed by atoms with Gasteiger partial charge in [0.1, 0.15) is 0 Å². The van der Waals surface area contributed by atoms with Gasteiger partial charge in [0.05, 0.1) is 18.3 Å². The molecule has 302 valence electrons. The Balaban J connectivity index is 1.51. The van der Waals surface area contributed by atoms with E-state index in [2.05, 4.69) is 39.2 Å². The number of nitrogens with two attached hydrogens (primary N) is 3. The van der Waals surface area contributed by atoms with E-state index in [9.17, 15) is 4.79 Å². The lowest BCUT2D eigenvalue weighted by molar-refractivity contribution is -0.227. The monoisotopic (exact) mass is 731 g/mol. The van der Waals surface area contributed by atoms with Gasteiger partial charge in [-0.15, -0.1) is 0 Å². The van der Waals surface area contributed by atoms with Crippen LogP contribution in [0.2, 0.25) is 0 Å². The lowest BCUT2D eigenvalue weighted by atomic mass is 9.43. The van der Waals surface area contributed by atoms with Crippen LogP contribution >= 0.6 is 0 Å². The summed E-state index contributed by atoms with van der Waals surface area (Å²) in [7, 11) is 0. The van der Waals surface area contributed by atoms with Crippen LogP contribution in [-0.2, 0) is 19.0 Å². The molecule has 0 saturated heterocycles. The molecule has 6 N–H and O–H groups in total. The molecule has 0 aromatic carbocycles. The van der Waals surface area contributed by atoms with Gasteiger partial charge in [-0.2, -0.15) is 0 Å². The number of hydrogen-bond acceptors (Lipinski definition) is 7. The van der Waals surface area contributed by atoms with Crippen molar-refractivity contribution in [3.8, 4) is 0 Å². The average molecular weight is 731 g/mol. The molecule has 4 fully saturated rings. The molecule has 0 aromatic rings. The smallest absolute Gasteiger partial charge is 0.245 e. The quantitative estimate of drug-likeness (QED) is 0.0645. The van der Waals surface area contributed by atoms with E-state index >= 15 is 0 Å². The van der Waals surface area contributed by atoms with Crippen molar-refractivity contribution in [3.05, 3.63) is 12.7 Å². The summed E-state index contributed by atoms with van der Waals surface area (Å²) in [5.41, 5.74) is 18.2. The third kappa shape index (κ3) is 10.6. The van der Waals surface area contributed by atoms with Crippen molar-refractivity contribution in [3.63, 3.8) is 0 Å². The number of amides is 1. The molecule has 4 aliphatic carbocycles. The molecule has 0 heterocycles. The van der Waals surface area contributed by atoms with Gasteiger partial charge in [-0.1, -0.05) is 66.4 Å². The molecule has 52 heavy (non-hydrogen) atoms. The predicted octanol–water partition coefficient (Wildman–Crippen LogP) is 7.86.